The van der Waals surface area contributed by atoms with Crippen LogP contribution in [0.2, 0.25) is 5.15 Å². The Kier molecular flexibility index (Phi) is 4.44. The maximum absolute atomic E-state index is 12.1. The fourth-order valence-corrected chi connectivity index (χ4v) is 2.09. The molecule has 1 aromatic heterocycles. The highest BCUT2D eigenvalue weighted by Crippen LogP contribution is 2.23. The van der Waals surface area contributed by atoms with Crippen LogP contribution in [0.3, 0.4) is 0 Å². The number of carboxylic acids is 1. The maximum Gasteiger partial charge on any atom is 0.339 e. The topological polar surface area (TPSA) is 99.5 Å². The highest BCUT2D eigenvalue weighted by Gasteiger charge is 2.15. The van der Waals surface area contributed by atoms with E-state index in [9.17, 15) is 14.7 Å². The average Bonchev–Trinajstić information content (AvgIpc) is 2.43. The monoisotopic (exact) mass is 370 g/mol. The van der Waals surface area contributed by atoms with E-state index in [0.29, 0.717) is 4.47 Å². The maximum atomic E-state index is 12.1. The smallest absolute Gasteiger partial charge is 0.339 e. The van der Waals surface area contributed by atoms with E-state index in [4.69, 9.17) is 16.7 Å². The second kappa shape index (κ2) is 6.11. The number of carbonyl (C=O) groups is 2. The summed E-state index contributed by atoms with van der Waals surface area (Å²) in [5.41, 5.74) is 0.0356. The molecule has 1 aromatic carbocycles. The van der Waals surface area contributed by atoms with Gasteiger partial charge < -0.3 is 15.5 Å². The minimum atomic E-state index is -1.30. The van der Waals surface area contributed by atoms with E-state index in [1.54, 1.807) is 0 Å². The van der Waals surface area contributed by atoms with E-state index in [1.807, 2.05) is 0 Å². The molecule has 0 bridgehead atoms. The standard InChI is InChI=1S/C13H8BrClN2O4/c14-6-3-9(11(15)16-5-6)12(19)17-7-1-2-10(18)8(4-7)13(20)21/h1-5,18H,(H,17,19)(H,20,21). The molecule has 3 N–H and O–H groups in total. The largest absolute Gasteiger partial charge is 0.507 e. The number of hydrogen-bond acceptors (Lipinski definition) is 4. The molecular formula is C13H8BrClN2O4. The first-order valence-electron chi connectivity index (χ1n) is 5.57. The summed E-state index contributed by atoms with van der Waals surface area (Å²) >= 11 is 9.02. The Morgan fingerprint density at radius 2 is 1.95 bits per heavy atom. The van der Waals surface area contributed by atoms with Crippen LogP contribution in [0.15, 0.2) is 34.9 Å². The van der Waals surface area contributed by atoms with Crippen LogP contribution in [0.1, 0.15) is 20.7 Å². The molecule has 0 saturated heterocycles. The van der Waals surface area contributed by atoms with E-state index >= 15 is 0 Å². The molecular weight excluding hydrogens is 364 g/mol. The van der Waals surface area contributed by atoms with Crippen molar-refractivity contribution in [1.29, 1.82) is 0 Å². The molecule has 6 nitrogen and oxygen atoms in total. The van der Waals surface area contributed by atoms with Gasteiger partial charge in [-0.2, -0.15) is 0 Å². The molecule has 0 atom stereocenters. The lowest BCUT2D eigenvalue weighted by molar-refractivity contribution is 0.0693. The molecule has 2 rings (SSSR count). The number of aromatic carboxylic acids is 1. The predicted octanol–water partition coefficient (Wildman–Crippen LogP) is 3.15. The minimum Gasteiger partial charge on any atom is -0.507 e. The normalized spacial score (nSPS) is 10.2. The number of nitrogens with one attached hydrogen (secondary N) is 1. The number of rotatable bonds is 3. The Balaban J connectivity index is 2.29. The summed E-state index contributed by atoms with van der Waals surface area (Å²) in [6.45, 7) is 0. The third kappa shape index (κ3) is 3.50. The zero-order chi connectivity index (χ0) is 15.6. The van der Waals surface area contributed by atoms with Crippen molar-refractivity contribution >= 4 is 45.1 Å². The molecule has 0 saturated carbocycles. The highest BCUT2D eigenvalue weighted by molar-refractivity contribution is 9.10. The van der Waals surface area contributed by atoms with E-state index in [-0.39, 0.29) is 27.7 Å². The number of halogens is 2. The van der Waals surface area contributed by atoms with Crippen LogP contribution in [0.4, 0.5) is 5.69 Å². The summed E-state index contributed by atoms with van der Waals surface area (Å²) in [5.74, 6) is -2.23. The van der Waals surface area contributed by atoms with Gasteiger partial charge in [-0.1, -0.05) is 11.6 Å². The number of amides is 1. The lowest BCUT2D eigenvalue weighted by atomic mass is 10.1. The van der Waals surface area contributed by atoms with E-state index < -0.39 is 11.9 Å². The molecule has 0 unspecified atom stereocenters. The van der Waals surface area contributed by atoms with Gasteiger partial charge in [-0.3, -0.25) is 4.79 Å². The third-order valence-corrected chi connectivity index (χ3v) is 3.27. The second-order valence-corrected chi connectivity index (χ2v) is 5.26. The fourth-order valence-electron chi connectivity index (χ4n) is 1.57. The van der Waals surface area contributed by atoms with Gasteiger partial charge in [0.1, 0.15) is 16.5 Å². The summed E-state index contributed by atoms with van der Waals surface area (Å²) in [4.78, 5) is 26.8. The Hall–Kier alpha value is -2.12. The Morgan fingerprint density at radius 1 is 1.24 bits per heavy atom. The van der Waals surface area contributed by atoms with Gasteiger partial charge in [-0.25, -0.2) is 9.78 Å². The SMILES string of the molecule is O=C(O)c1cc(NC(=O)c2cc(Br)cnc2Cl)ccc1O. The van der Waals surface area contributed by atoms with Crippen LogP contribution in [0.25, 0.3) is 0 Å². The van der Waals surface area contributed by atoms with Crippen molar-refractivity contribution in [3.05, 3.63) is 51.2 Å². The predicted molar refractivity (Wildman–Crippen MR) is 80.0 cm³/mol. The van der Waals surface area contributed by atoms with Gasteiger partial charge in [-0.05, 0) is 40.2 Å². The number of aromatic nitrogens is 1. The van der Waals surface area contributed by atoms with E-state index in [2.05, 4.69) is 26.2 Å². The lowest BCUT2D eigenvalue weighted by Crippen LogP contribution is -2.13. The van der Waals surface area contributed by atoms with Gasteiger partial charge >= 0.3 is 5.97 Å². The van der Waals surface area contributed by atoms with Gasteiger partial charge in [0.2, 0.25) is 0 Å². The Labute approximate surface area is 132 Å². The summed E-state index contributed by atoms with van der Waals surface area (Å²) in [6.07, 6.45) is 1.45. The van der Waals surface area contributed by atoms with Crippen LogP contribution < -0.4 is 5.32 Å². The average molecular weight is 372 g/mol. The van der Waals surface area contributed by atoms with Crippen molar-refractivity contribution in [2.75, 3.05) is 5.32 Å². The molecule has 0 aliphatic heterocycles. The summed E-state index contributed by atoms with van der Waals surface area (Å²) in [6, 6.07) is 5.19. The van der Waals surface area contributed by atoms with Gasteiger partial charge in [0.05, 0.1) is 5.56 Å². The second-order valence-electron chi connectivity index (χ2n) is 3.98. The van der Waals surface area contributed by atoms with Crippen molar-refractivity contribution in [2.24, 2.45) is 0 Å². The molecule has 108 valence electrons. The van der Waals surface area contributed by atoms with Crippen LogP contribution in [-0.4, -0.2) is 27.1 Å². The molecule has 8 heteroatoms. The fraction of sp³-hybridized carbons (Fsp3) is 0. The minimum absolute atomic E-state index is 0.0212. The summed E-state index contributed by atoms with van der Waals surface area (Å²) in [5, 5.41) is 20.8. The quantitative estimate of drug-likeness (QED) is 0.568. The van der Waals surface area contributed by atoms with Crippen molar-refractivity contribution in [2.45, 2.75) is 0 Å². The lowest BCUT2D eigenvalue weighted by Gasteiger charge is -2.08. The first-order valence-corrected chi connectivity index (χ1v) is 6.74. The molecule has 2 aromatic rings. The molecule has 0 aliphatic carbocycles. The van der Waals surface area contributed by atoms with Crippen LogP contribution in [0.5, 0.6) is 5.75 Å². The molecule has 0 spiro atoms. The number of aromatic hydroxyl groups is 1. The number of anilines is 1. The summed E-state index contributed by atoms with van der Waals surface area (Å²) in [7, 11) is 0. The number of hydrogen-bond donors (Lipinski definition) is 3. The van der Waals surface area contributed by atoms with Crippen molar-refractivity contribution in [3.63, 3.8) is 0 Å². The molecule has 0 fully saturated rings. The molecule has 0 aliphatic rings. The number of benzene rings is 1. The zero-order valence-corrected chi connectivity index (χ0v) is 12.6. The van der Waals surface area contributed by atoms with E-state index in [1.165, 1.54) is 24.4 Å². The van der Waals surface area contributed by atoms with Crippen LogP contribution >= 0.6 is 27.5 Å². The molecule has 0 radical (unpaired) electrons. The highest BCUT2D eigenvalue weighted by atomic mass is 79.9. The number of nitrogens with zero attached hydrogens (tertiary/aromatic N) is 1. The van der Waals surface area contributed by atoms with Gasteiger partial charge in [0, 0.05) is 16.4 Å². The van der Waals surface area contributed by atoms with Gasteiger partial charge in [-0.15, -0.1) is 0 Å². The number of phenols is 1. The van der Waals surface area contributed by atoms with Gasteiger partial charge in [0.25, 0.3) is 5.91 Å². The Bertz CT molecular complexity index is 736. The molecule has 1 heterocycles. The first-order chi connectivity index (χ1) is 9.88. The van der Waals surface area contributed by atoms with Crippen molar-refractivity contribution in [1.82, 2.24) is 4.98 Å². The van der Waals surface area contributed by atoms with E-state index in [0.717, 1.165) is 6.07 Å². The third-order valence-electron chi connectivity index (χ3n) is 2.54. The number of carboxylic acid groups (broad SMARTS) is 1. The molecule has 1 amide bonds. The number of pyridine rings is 1. The van der Waals surface area contributed by atoms with Crippen LogP contribution in [0, 0.1) is 0 Å². The Morgan fingerprint density at radius 3 is 2.62 bits per heavy atom. The van der Waals surface area contributed by atoms with Crippen molar-refractivity contribution < 1.29 is 19.8 Å². The van der Waals surface area contributed by atoms with Crippen molar-refractivity contribution in [3.8, 4) is 5.75 Å². The summed E-state index contributed by atoms with van der Waals surface area (Å²) < 4.78 is 0.578. The number of carbonyl (C=O) groups excluding carboxylic acids is 1. The molecule has 21 heavy (non-hydrogen) atoms. The van der Waals surface area contributed by atoms with Gasteiger partial charge in [0.15, 0.2) is 0 Å². The van der Waals surface area contributed by atoms with Crippen LogP contribution in [-0.2, 0) is 0 Å². The first kappa shape index (κ1) is 15.3. The zero-order valence-electron chi connectivity index (χ0n) is 10.3.